The number of aliphatic imine (C=N–C) groups is 1. The maximum Gasteiger partial charge on any atom is 0.191 e. The Morgan fingerprint density at radius 2 is 1.91 bits per heavy atom. The minimum absolute atomic E-state index is 0.653. The fourth-order valence-corrected chi connectivity index (χ4v) is 2.03. The summed E-state index contributed by atoms with van der Waals surface area (Å²) in [6.07, 6.45) is 0. The third-order valence-corrected chi connectivity index (χ3v) is 3.14. The van der Waals surface area contributed by atoms with E-state index >= 15 is 0 Å². The van der Waals surface area contributed by atoms with Crippen molar-refractivity contribution in [2.24, 2.45) is 4.99 Å². The van der Waals surface area contributed by atoms with Gasteiger partial charge in [0.25, 0.3) is 0 Å². The largest absolute Gasteiger partial charge is 0.383 e. The molecule has 118 valence electrons. The van der Waals surface area contributed by atoms with E-state index in [1.807, 2.05) is 24.3 Å². The lowest BCUT2D eigenvalue weighted by Crippen LogP contribution is -2.40. The predicted molar refractivity (Wildman–Crippen MR) is 91.5 cm³/mol. The lowest BCUT2D eigenvalue weighted by atomic mass is 10.2. The molecule has 0 amide bonds. The number of methoxy groups -OCH3 is 1. The van der Waals surface area contributed by atoms with Gasteiger partial charge in [0.2, 0.25) is 0 Å². The number of para-hydroxylation sites is 1. The molecule has 0 saturated carbocycles. The average molecular weight is 301 g/mol. The van der Waals surface area contributed by atoms with Crippen molar-refractivity contribution in [3.8, 4) is 0 Å². The molecule has 6 nitrogen and oxygen atoms in total. The molecule has 2 aromatic rings. The number of hydrogen-bond donors (Lipinski definition) is 3. The van der Waals surface area contributed by atoms with Crippen molar-refractivity contribution < 1.29 is 4.74 Å². The first-order chi connectivity index (χ1) is 10.8. The quantitative estimate of drug-likeness (QED) is 0.410. The monoisotopic (exact) mass is 301 g/mol. The molecule has 0 unspecified atom stereocenters. The van der Waals surface area contributed by atoms with E-state index in [1.54, 1.807) is 14.2 Å². The normalized spacial score (nSPS) is 11.5. The summed E-state index contributed by atoms with van der Waals surface area (Å²) in [6.45, 7) is 2.90. The number of nitrogens with zero attached hydrogens (tertiary/aromatic N) is 2. The van der Waals surface area contributed by atoms with Gasteiger partial charge in [-0.15, -0.1) is 0 Å². The molecule has 0 aliphatic heterocycles. The smallest absolute Gasteiger partial charge is 0.191 e. The van der Waals surface area contributed by atoms with E-state index in [0.717, 1.165) is 42.3 Å². The van der Waals surface area contributed by atoms with Gasteiger partial charge >= 0.3 is 0 Å². The van der Waals surface area contributed by atoms with E-state index < -0.39 is 0 Å². The number of hydrogen-bond acceptors (Lipinski definition) is 4. The molecule has 0 bridgehead atoms. The summed E-state index contributed by atoms with van der Waals surface area (Å²) in [5.74, 6) is 1.65. The Balaban J connectivity index is 1.75. The van der Waals surface area contributed by atoms with Crippen LogP contribution >= 0.6 is 0 Å². The topological polar surface area (TPSA) is 70.6 Å². The zero-order valence-corrected chi connectivity index (χ0v) is 13.1. The van der Waals surface area contributed by atoms with Crippen molar-refractivity contribution in [1.29, 1.82) is 0 Å². The van der Waals surface area contributed by atoms with Crippen LogP contribution in [0.4, 0.5) is 5.82 Å². The van der Waals surface area contributed by atoms with Gasteiger partial charge < -0.3 is 20.7 Å². The van der Waals surface area contributed by atoms with Crippen LogP contribution in [0.15, 0.2) is 41.4 Å². The molecule has 6 heteroatoms. The lowest BCUT2D eigenvalue weighted by Gasteiger charge is -2.12. The molecule has 1 aromatic heterocycles. The van der Waals surface area contributed by atoms with Gasteiger partial charge in [-0.3, -0.25) is 4.99 Å². The summed E-state index contributed by atoms with van der Waals surface area (Å²) in [6, 6.07) is 12.2. The van der Waals surface area contributed by atoms with Crippen molar-refractivity contribution in [3.63, 3.8) is 0 Å². The molecule has 1 heterocycles. The average Bonchev–Trinajstić information content (AvgIpc) is 2.57. The second-order valence-corrected chi connectivity index (χ2v) is 4.73. The van der Waals surface area contributed by atoms with Gasteiger partial charge in [0.05, 0.1) is 12.1 Å². The van der Waals surface area contributed by atoms with Gasteiger partial charge in [0, 0.05) is 39.2 Å². The molecular formula is C16H23N5O. The van der Waals surface area contributed by atoms with E-state index in [2.05, 4.69) is 38.1 Å². The molecular weight excluding hydrogens is 278 g/mol. The molecule has 22 heavy (non-hydrogen) atoms. The Morgan fingerprint density at radius 3 is 2.73 bits per heavy atom. The number of benzene rings is 1. The lowest BCUT2D eigenvalue weighted by molar-refractivity contribution is 0.203. The SMILES string of the molecule is CN=C(NCCNc1ccc2ccccc2n1)NCCOC. The zero-order valence-electron chi connectivity index (χ0n) is 13.1. The highest BCUT2D eigenvalue weighted by molar-refractivity contribution is 5.80. The molecule has 0 aliphatic carbocycles. The summed E-state index contributed by atoms with van der Waals surface area (Å²) in [4.78, 5) is 8.71. The number of nitrogens with one attached hydrogen (secondary N) is 3. The molecule has 0 spiro atoms. The maximum absolute atomic E-state index is 4.99. The van der Waals surface area contributed by atoms with Gasteiger partial charge in [-0.1, -0.05) is 18.2 Å². The fourth-order valence-electron chi connectivity index (χ4n) is 2.03. The van der Waals surface area contributed by atoms with E-state index in [4.69, 9.17) is 4.74 Å². The second kappa shape index (κ2) is 8.84. The minimum Gasteiger partial charge on any atom is -0.383 e. The Bertz CT molecular complexity index is 614. The van der Waals surface area contributed by atoms with Gasteiger partial charge in [0.1, 0.15) is 5.82 Å². The van der Waals surface area contributed by atoms with Crippen molar-refractivity contribution >= 4 is 22.7 Å². The Hall–Kier alpha value is -2.34. The Kier molecular flexibility index (Phi) is 6.44. The molecule has 0 atom stereocenters. The number of pyridine rings is 1. The highest BCUT2D eigenvalue weighted by Gasteiger charge is 1.98. The maximum atomic E-state index is 4.99. The van der Waals surface area contributed by atoms with Gasteiger partial charge in [-0.05, 0) is 18.2 Å². The number of anilines is 1. The molecule has 0 fully saturated rings. The van der Waals surface area contributed by atoms with Crippen molar-refractivity contribution in [2.75, 3.05) is 45.7 Å². The van der Waals surface area contributed by atoms with Crippen molar-refractivity contribution in [1.82, 2.24) is 15.6 Å². The summed E-state index contributed by atoms with van der Waals surface area (Å²) in [5, 5.41) is 10.8. The molecule has 1 aromatic carbocycles. The van der Waals surface area contributed by atoms with E-state index in [-0.39, 0.29) is 0 Å². The van der Waals surface area contributed by atoms with Crippen LogP contribution in [-0.4, -0.2) is 51.3 Å². The van der Waals surface area contributed by atoms with Gasteiger partial charge in [-0.25, -0.2) is 4.98 Å². The number of ether oxygens (including phenoxy) is 1. The van der Waals surface area contributed by atoms with E-state index in [0.29, 0.717) is 6.61 Å². The molecule has 0 aliphatic rings. The highest BCUT2D eigenvalue weighted by atomic mass is 16.5. The van der Waals surface area contributed by atoms with Crippen molar-refractivity contribution in [3.05, 3.63) is 36.4 Å². The van der Waals surface area contributed by atoms with Crippen LogP contribution in [0.5, 0.6) is 0 Å². The van der Waals surface area contributed by atoms with Gasteiger partial charge in [0.15, 0.2) is 5.96 Å². The number of rotatable bonds is 7. The fraction of sp³-hybridized carbons (Fsp3) is 0.375. The number of guanidine groups is 1. The third-order valence-electron chi connectivity index (χ3n) is 3.14. The Labute approximate surface area is 131 Å². The number of aromatic nitrogens is 1. The second-order valence-electron chi connectivity index (χ2n) is 4.73. The molecule has 0 radical (unpaired) electrons. The third kappa shape index (κ3) is 4.89. The zero-order chi connectivity index (χ0) is 15.6. The first kappa shape index (κ1) is 16.0. The predicted octanol–water partition coefficient (Wildman–Crippen LogP) is 1.46. The molecule has 3 N–H and O–H groups in total. The minimum atomic E-state index is 0.653. The van der Waals surface area contributed by atoms with Crippen LogP contribution in [0.2, 0.25) is 0 Å². The van der Waals surface area contributed by atoms with Crippen LogP contribution in [0.25, 0.3) is 10.9 Å². The standard InChI is InChI=1S/C16H23N5O/c1-17-16(20-11-12-22-2)19-10-9-18-15-8-7-13-5-3-4-6-14(13)21-15/h3-8H,9-12H2,1-2H3,(H,18,21)(H2,17,19,20). The van der Waals surface area contributed by atoms with Crippen LogP contribution < -0.4 is 16.0 Å². The first-order valence-corrected chi connectivity index (χ1v) is 7.36. The van der Waals surface area contributed by atoms with Crippen LogP contribution in [0.1, 0.15) is 0 Å². The van der Waals surface area contributed by atoms with E-state index in [9.17, 15) is 0 Å². The summed E-state index contributed by atoms with van der Waals surface area (Å²) in [7, 11) is 3.43. The number of fused-ring (bicyclic) bond motifs is 1. The first-order valence-electron chi connectivity index (χ1n) is 7.36. The van der Waals surface area contributed by atoms with Crippen molar-refractivity contribution in [2.45, 2.75) is 0 Å². The Morgan fingerprint density at radius 1 is 1.09 bits per heavy atom. The summed E-state index contributed by atoms with van der Waals surface area (Å²) < 4.78 is 4.99. The summed E-state index contributed by atoms with van der Waals surface area (Å²) in [5.41, 5.74) is 0.998. The molecule has 0 saturated heterocycles. The summed E-state index contributed by atoms with van der Waals surface area (Å²) >= 11 is 0. The molecule has 2 rings (SSSR count). The van der Waals surface area contributed by atoms with Gasteiger partial charge in [-0.2, -0.15) is 0 Å². The highest BCUT2D eigenvalue weighted by Crippen LogP contribution is 2.13. The van der Waals surface area contributed by atoms with Crippen LogP contribution in [0.3, 0.4) is 0 Å². The van der Waals surface area contributed by atoms with Crippen LogP contribution in [0, 0.1) is 0 Å². The van der Waals surface area contributed by atoms with E-state index in [1.165, 1.54) is 0 Å². The van der Waals surface area contributed by atoms with Crippen LogP contribution in [-0.2, 0) is 4.74 Å².